The van der Waals surface area contributed by atoms with Crippen LogP contribution in [0.25, 0.3) is 6.15 Å². The van der Waals surface area contributed by atoms with Gasteiger partial charge in [0.05, 0.1) is 0 Å². The summed E-state index contributed by atoms with van der Waals surface area (Å²) in [4.78, 5) is 3.88. The molecule has 1 aromatic heterocycles. The van der Waals surface area contributed by atoms with Crippen molar-refractivity contribution in [2.24, 2.45) is 0 Å². The number of nitrogens with zero attached hydrogens (tertiary/aromatic N) is 1. The van der Waals surface area contributed by atoms with E-state index in [2.05, 4.69) is 4.98 Å². The molecule has 0 aromatic carbocycles. The predicted octanol–water partition coefficient (Wildman–Crippen LogP) is -0.891. The molecule has 0 bridgehead atoms. The van der Waals surface area contributed by atoms with Crippen molar-refractivity contribution >= 4 is 0 Å². The average molecular weight is 251 g/mol. The minimum atomic E-state index is 0. The molecule has 0 spiro atoms. The number of hydrogen-bond acceptors (Lipinski definition) is 1. The van der Waals surface area contributed by atoms with E-state index in [0.29, 0.717) is 0 Å². The molecule has 0 saturated carbocycles. The fourth-order valence-electron chi connectivity index (χ4n) is 0.448. The van der Waals surface area contributed by atoms with Crippen LogP contribution in [0.3, 0.4) is 0 Å². The number of rotatable bonds is 0. The number of halogens is 1. The Bertz CT molecular complexity index is 146. The maximum absolute atomic E-state index is 3.88. The largest absolute Gasteiger partial charge is 2.00 e. The van der Waals surface area contributed by atoms with Gasteiger partial charge in [0.2, 0.25) is 0 Å². The maximum Gasteiger partial charge on any atom is 2.00 e. The van der Waals surface area contributed by atoms with Crippen molar-refractivity contribution in [1.29, 1.82) is 0 Å². The summed E-state index contributed by atoms with van der Waals surface area (Å²) >= 11 is 0. The molecule has 1 heterocycles. The van der Waals surface area contributed by atoms with Gasteiger partial charge in [-0.3, -0.25) is 4.98 Å². The zero-order valence-corrected chi connectivity index (χ0v) is 7.84. The van der Waals surface area contributed by atoms with Crippen LogP contribution in [0.1, 0.15) is 5.56 Å². The first-order valence-corrected chi connectivity index (χ1v) is 2.26. The van der Waals surface area contributed by atoms with Gasteiger partial charge in [0, 0.05) is 12.4 Å². The van der Waals surface area contributed by atoms with Crippen LogP contribution < -0.4 is 12.4 Å². The summed E-state index contributed by atoms with van der Waals surface area (Å²) in [5.41, 5.74) is 1.21. The molecule has 0 aliphatic rings. The Balaban J connectivity index is -0.000000163. The van der Waals surface area contributed by atoms with Gasteiger partial charge in [0.25, 0.3) is 0 Å². The number of aromatic nitrogens is 1. The number of nitrogens with two attached hydrogens (primary N) is 1. The second-order valence-corrected chi connectivity index (χ2v) is 1.53. The van der Waals surface area contributed by atoms with Crippen molar-refractivity contribution in [3.8, 4) is 0 Å². The van der Waals surface area contributed by atoms with Gasteiger partial charge in [0.15, 0.2) is 0 Å². The smallest absolute Gasteiger partial charge is 1.00 e. The second-order valence-electron chi connectivity index (χ2n) is 1.53. The van der Waals surface area contributed by atoms with Gasteiger partial charge in [-0.2, -0.15) is 0 Å². The summed E-state index contributed by atoms with van der Waals surface area (Å²) in [6.07, 6.45) is 3.60. The third-order valence-corrected chi connectivity index (χ3v) is 0.809. The van der Waals surface area contributed by atoms with Crippen LogP contribution in [-0.2, 0) is 20.4 Å². The van der Waals surface area contributed by atoms with E-state index in [9.17, 15) is 0 Å². The number of pyridine rings is 1. The molecule has 4 heteroatoms. The van der Waals surface area contributed by atoms with E-state index in [0.717, 1.165) is 0 Å². The molecule has 0 unspecified atom stereocenters. The second kappa shape index (κ2) is 9.06. The number of aryl methyl sites for hydroxylation is 1. The van der Waals surface area contributed by atoms with Crippen molar-refractivity contribution in [2.45, 2.75) is 6.92 Å². The van der Waals surface area contributed by atoms with E-state index in [1.165, 1.54) is 5.56 Å². The molecule has 0 aliphatic carbocycles. The van der Waals surface area contributed by atoms with E-state index in [-0.39, 0.29) is 39.0 Å². The van der Waals surface area contributed by atoms with Gasteiger partial charge >= 0.3 is 20.4 Å². The van der Waals surface area contributed by atoms with Crippen LogP contribution in [-0.4, -0.2) is 4.98 Å². The molecule has 0 aliphatic heterocycles. The zero-order chi connectivity index (χ0) is 5.11. The summed E-state index contributed by atoms with van der Waals surface area (Å²) in [5, 5.41) is 0. The molecule has 1 aromatic rings. The van der Waals surface area contributed by atoms with E-state index in [1.807, 2.05) is 25.3 Å². The standard InChI is InChI=1S/C6H7N.ClH.H2N.Pd/c1-6-3-2-4-7-5-6;;;/h2-5H,1H3;1H;1H2;/q;;-1;+2/p-1. The van der Waals surface area contributed by atoms with Gasteiger partial charge in [-0.1, -0.05) is 6.07 Å². The first kappa shape index (κ1) is 16.6. The Hall–Kier alpha value is 0.0623. The van der Waals surface area contributed by atoms with E-state index in [4.69, 9.17) is 0 Å². The first-order chi connectivity index (χ1) is 3.39. The van der Waals surface area contributed by atoms with E-state index < -0.39 is 0 Å². The zero-order valence-electron chi connectivity index (χ0n) is 5.53. The summed E-state index contributed by atoms with van der Waals surface area (Å²) in [6, 6.07) is 3.95. The quantitative estimate of drug-likeness (QED) is 0.552. The topological polar surface area (TPSA) is 46.4 Å². The molecular formula is C6H9ClN2Pd. The Morgan fingerprint density at radius 2 is 2.00 bits per heavy atom. The molecule has 2 N–H and O–H groups in total. The average Bonchev–Trinajstić information content (AvgIpc) is 1.69. The van der Waals surface area contributed by atoms with Gasteiger partial charge in [-0.25, -0.2) is 0 Å². The van der Waals surface area contributed by atoms with Gasteiger partial charge in [-0.05, 0) is 18.6 Å². The van der Waals surface area contributed by atoms with Gasteiger partial charge in [0.1, 0.15) is 0 Å². The van der Waals surface area contributed by atoms with Crippen molar-refractivity contribution in [1.82, 2.24) is 4.98 Å². The monoisotopic (exact) mass is 250 g/mol. The molecule has 0 fully saturated rings. The molecule has 0 radical (unpaired) electrons. The maximum atomic E-state index is 3.88. The van der Waals surface area contributed by atoms with Crippen molar-refractivity contribution < 1.29 is 32.8 Å². The summed E-state index contributed by atoms with van der Waals surface area (Å²) in [5.74, 6) is 0. The Morgan fingerprint density at radius 3 is 2.20 bits per heavy atom. The fourth-order valence-corrected chi connectivity index (χ4v) is 0.448. The molecule has 2 nitrogen and oxygen atoms in total. The van der Waals surface area contributed by atoms with E-state index in [1.54, 1.807) is 6.20 Å². The van der Waals surface area contributed by atoms with Crippen LogP contribution in [0.2, 0.25) is 0 Å². The van der Waals surface area contributed by atoms with Crippen LogP contribution in [0.5, 0.6) is 0 Å². The summed E-state index contributed by atoms with van der Waals surface area (Å²) in [7, 11) is 0. The summed E-state index contributed by atoms with van der Waals surface area (Å²) < 4.78 is 0. The molecule has 10 heavy (non-hydrogen) atoms. The summed E-state index contributed by atoms with van der Waals surface area (Å²) in [6.45, 7) is 2.02. The van der Waals surface area contributed by atoms with Crippen molar-refractivity contribution in [3.05, 3.63) is 36.2 Å². The van der Waals surface area contributed by atoms with E-state index >= 15 is 0 Å². The minimum absolute atomic E-state index is 0. The third kappa shape index (κ3) is 6.19. The van der Waals surface area contributed by atoms with Crippen molar-refractivity contribution in [2.75, 3.05) is 0 Å². The van der Waals surface area contributed by atoms with Crippen LogP contribution in [0, 0.1) is 6.92 Å². The van der Waals surface area contributed by atoms with Gasteiger partial charge < -0.3 is 18.6 Å². The van der Waals surface area contributed by atoms with Crippen LogP contribution >= 0.6 is 0 Å². The SMILES string of the molecule is Cc1cccnc1.[Cl-].[NH2-].[Pd+2]. The minimum Gasteiger partial charge on any atom is -1.00 e. The number of hydrogen-bond donors (Lipinski definition) is 0. The molecular weight excluding hydrogens is 242 g/mol. The third-order valence-electron chi connectivity index (χ3n) is 0.809. The Morgan fingerprint density at radius 1 is 1.40 bits per heavy atom. The molecule has 0 amide bonds. The Kier molecular flexibility index (Phi) is 15.0. The predicted molar refractivity (Wildman–Crippen MR) is 34.3 cm³/mol. The molecule has 0 saturated heterocycles. The fraction of sp³-hybridized carbons (Fsp3) is 0.167. The first-order valence-electron chi connectivity index (χ1n) is 2.26. The molecule has 1 rings (SSSR count). The Labute approximate surface area is 81.1 Å². The van der Waals surface area contributed by atoms with Crippen molar-refractivity contribution in [3.63, 3.8) is 0 Å². The molecule has 60 valence electrons. The normalized spacial score (nSPS) is 6.10. The van der Waals surface area contributed by atoms with Gasteiger partial charge in [-0.15, -0.1) is 0 Å². The molecule has 0 atom stereocenters. The van der Waals surface area contributed by atoms with Crippen LogP contribution in [0.15, 0.2) is 24.5 Å². The van der Waals surface area contributed by atoms with Crippen LogP contribution in [0.4, 0.5) is 0 Å².